The Balaban J connectivity index is 1.82. The quantitative estimate of drug-likeness (QED) is 0.404. The molecule has 0 spiro atoms. The molecule has 1 fully saturated rings. The zero-order valence-electron chi connectivity index (χ0n) is 15.9. The van der Waals surface area contributed by atoms with Crippen molar-refractivity contribution in [2.24, 2.45) is 5.10 Å². The van der Waals surface area contributed by atoms with Crippen LogP contribution in [0.3, 0.4) is 0 Å². The summed E-state index contributed by atoms with van der Waals surface area (Å²) in [4.78, 5) is 10.4. The molecule has 0 unspecified atom stereocenters. The minimum atomic E-state index is -4.52. The van der Waals surface area contributed by atoms with Gasteiger partial charge in [0.05, 0.1) is 34.8 Å². The smallest absolute Gasteiger partial charge is 0.379 e. The third-order valence-electron chi connectivity index (χ3n) is 4.39. The lowest BCUT2D eigenvalue weighted by Crippen LogP contribution is -2.40. The van der Waals surface area contributed by atoms with Crippen molar-refractivity contribution in [1.82, 2.24) is 4.31 Å². The Bertz CT molecular complexity index is 1100. The number of nitrogens with zero attached hydrogens (tertiary/aromatic N) is 3. The number of nitrogens with one attached hydrogen (secondary N) is 1. The fraction of sp³-hybridized carbons (Fsp3) is 0.278. The molecule has 0 aromatic heterocycles. The van der Waals surface area contributed by atoms with Crippen LogP contribution in [0.15, 0.2) is 52.5 Å². The molecule has 0 atom stereocenters. The minimum absolute atomic E-state index is 0.117. The second-order valence-corrected chi connectivity index (χ2v) is 8.38. The van der Waals surface area contributed by atoms with E-state index in [0.717, 1.165) is 24.4 Å². The average Bonchev–Trinajstić information content (AvgIpc) is 2.74. The average molecular weight is 458 g/mol. The predicted octanol–water partition coefficient (Wildman–Crippen LogP) is 3.08. The Hall–Kier alpha value is -3.03. The van der Waals surface area contributed by atoms with Gasteiger partial charge in [-0.2, -0.15) is 22.6 Å². The van der Waals surface area contributed by atoms with E-state index in [-0.39, 0.29) is 42.4 Å². The number of morpholine rings is 1. The summed E-state index contributed by atoms with van der Waals surface area (Å²) in [5.74, 6) is 0. The Morgan fingerprint density at radius 3 is 2.52 bits per heavy atom. The first-order valence-electron chi connectivity index (χ1n) is 8.92. The van der Waals surface area contributed by atoms with Gasteiger partial charge in [-0.25, -0.2) is 8.42 Å². The second kappa shape index (κ2) is 8.99. The minimum Gasteiger partial charge on any atom is -0.379 e. The lowest BCUT2D eigenvalue weighted by atomic mass is 10.1. The molecule has 166 valence electrons. The van der Waals surface area contributed by atoms with Crippen LogP contribution in [-0.4, -0.2) is 50.2 Å². The van der Waals surface area contributed by atoms with Crippen LogP contribution in [0.2, 0.25) is 0 Å². The molecule has 13 heteroatoms. The number of halogens is 3. The standard InChI is InChI=1S/C18H17F3N4O5S/c19-18(20,21)14-3-1-2-13(10-14)12-22-23-16-5-4-15(11-17(16)25(26)27)31(28,29)24-6-8-30-9-7-24/h1-5,10-12,23H,6-9H2. The Labute approximate surface area is 175 Å². The van der Waals surface area contributed by atoms with E-state index < -0.39 is 32.4 Å². The van der Waals surface area contributed by atoms with Gasteiger partial charge in [0.25, 0.3) is 5.69 Å². The van der Waals surface area contributed by atoms with Gasteiger partial charge in [-0.15, -0.1) is 0 Å². The van der Waals surface area contributed by atoms with Gasteiger partial charge in [-0.3, -0.25) is 15.5 Å². The molecule has 3 rings (SSSR count). The van der Waals surface area contributed by atoms with E-state index in [1.807, 2.05) is 0 Å². The number of hydrogen-bond donors (Lipinski definition) is 1. The van der Waals surface area contributed by atoms with Crippen LogP contribution in [0, 0.1) is 10.1 Å². The van der Waals surface area contributed by atoms with Crippen molar-refractivity contribution in [2.45, 2.75) is 11.1 Å². The summed E-state index contributed by atoms with van der Waals surface area (Å²) < 4.78 is 70.0. The molecule has 1 aliphatic heterocycles. The number of hydrazone groups is 1. The van der Waals surface area contributed by atoms with Gasteiger partial charge < -0.3 is 4.74 Å². The molecule has 2 aromatic carbocycles. The van der Waals surface area contributed by atoms with Crippen LogP contribution in [0.5, 0.6) is 0 Å². The second-order valence-electron chi connectivity index (χ2n) is 6.45. The lowest BCUT2D eigenvalue weighted by Gasteiger charge is -2.26. The van der Waals surface area contributed by atoms with Crippen molar-refractivity contribution < 1.29 is 31.2 Å². The van der Waals surface area contributed by atoms with Crippen LogP contribution in [0.25, 0.3) is 0 Å². The highest BCUT2D eigenvalue weighted by molar-refractivity contribution is 7.89. The summed E-state index contributed by atoms with van der Waals surface area (Å²) in [6, 6.07) is 7.65. The lowest BCUT2D eigenvalue weighted by molar-refractivity contribution is -0.384. The summed E-state index contributed by atoms with van der Waals surface area (Å²) in [6.45, 7) is 0.727. The van der Waals surface area contributed by atoms with Crippen LogP contribution < -0.4 is 5.43 Å². The highest BCUT2D eigenvalue weighted by Gasteiger charge is 2.30. The summed E-state index contributed by atoms with van der Waals surface area (Å²) in [6.07, 6.45) is -3.45. The number of hydrogen-bond acceptors (Lipinski definition) is 7. The van der Waals surface area contributed by atoms with Gasteiger partial charge in [-0.1, -0.05) is 12.1 Å². The molecule has 1 aliphatic rings. The van der Waals surface area contributed by atoms with Crippen LogP contribution >= 0.6 is 0 Å². The van der Waals surface area contributed by atoms with Gasteiger partial charge in [0.2, 0.25) is 10.0 Å². The van der Waals surface area contributed by atoms with Crippen LogP contribution in [0.4, 0.5) is 24.5 Å². The normalized spacial score (nSPS) is 15.8. The van der Waals surface area contributed by atoms with E-state index in [4.69, 9.17) is 4.74 Å². The van der Waals surface area contributed by atoms with Gasteiger partial charge in [0, 0.05) is 19.2 Å². The van der Waals surface area contributed by atoms with Crippen molar-refractivity contribution in [3.05, 3.63) is 63.7 Å². The molecular formula is C18H17F3N4O5S. The maximum Gasteiger partial charge on any atom is 0.416 e. The largest absolute Gasteiger partial charge is 0.416 e. The van der Waals surface area contributed by atoms with Crippen LogP contribution in [0.1, 0.15) is 11.1 Å². The molecular weight excluding hydrogens is 441 g/mol. The van der Waals surface area contributed by atoms with Crippen molar-refractivity contribution in [1.29, 1.82) is 0 Å². The van der Waals surface area contributed by atoms with E-state index in [1.165, 1.54) is 28.6 Å². The third-order valence-corrected chi connectivity index (χ3v) is 6.28. The monoisotopic (exact) mass is 458 g/mol. The number of alkyl halides is 3. The van der Waals surface area contributed by atoms with Gasteiger partial charge in [-0.05, 0) is 29.8 Å². The van der Waals surface area contributed by atoms with E-state index in [1.54, 1.807) is 0 Å². The maximum absolute atomic E-state index is 12.8. The summed E-state index contributed by atoms with van der Waals surface area (Å²) in [7, 11) is -3.94. The molecule has 0 bridgehead atoms. The van der Waals surface area contributed by atoms with E-state index in [0.29, 0.717) is 0 Å². The Kier molecular flexibility index (Phi) is 6.57. The van der Waals surface area contributed by atoms with Gasteiger partial charge in [0.15, 0.2) is 0 Å². The number of nitro benzene ring substituents is 1. The topological polar surface area (TPSA) is 114 Å². The molecule has 0 saturated carbocycles. The third kappa shape index (κ3) is 5.37. The fourth-order valence-corrected chi connectivity index (χ4v) is 4.25. The number of anilines is 1. The molecule has 1 N–H and O–H groups in total. The first kappa shape index (κ1) is 22.7. The predicted molar refractivity (Wildman–Crippen MR) is 105 cm³/mol. The molecule has 0 amide bonds. The van der Waals surface area contributed by atoms with E-state index in [9.17, 15) is 31.7 Å². The number of benzene rings is 2. The zero-order valence-corrected chi connectivity index (χ0v) is 16.7. The van der Waals surface area contributed by atoms with Crippen molar-refractivity contribution in [3.63, 3.8) is 0 Å². The molecule has 31 heavy (non-hydrogen) atoms. The van der Waals surface area contributed by atoms with E-state index >= 15 is 0 Å². The molecule has 9 nitrogen and oxygen atoms in total. The summed E-state index contributed by atoms with van der Waals surface area (Å²) >= 11 is 0. The van der Waals surface area contributed by atoms with Gasteiger partial charge >= 0.3 is 6.18 Å². The van der Waals surface area contributed by atoms with Crippen molar-refractivity contribution in [3.8, 4) is 0 Å². The van der Waals surface area contributed by atoms with Crippen molar-refractivity contribution in [2.75, 3.05) is 31.7 Å². The maximum atomic E-state index is 12.8. The first-order valence-corrected chi connectivity index (χ1v) is 10.4. The number of sulfonamides is 1. The zero-order chi connectivity index (χ0) is 22.6. The van der Waals surface area contributed by atoms with Gasteiger partial charge in [0.1, 0.15) is 5.69 Å². The summed E-state index contributed by atoms with van der Waals surface area (Å²) in [5.41, 5.74) is 0.976. The van der Waals surface area contributed by atoms with Crippen molar-refractivity contribution >= 4 is 27.6 Å². The molecule has 1 heterocycles. The fourth-order valence-electron chi connectivity index (χ4n) is 2.83. The molecule has 0 aliphatic carbocycles. The number of ether oxygens (including phenoxy) is 1. The van der Waals surface area contributed by atoms with Crippen LogP contribution in [-0.2, 0) is 20.9 Å². The molecule has 2 aromatic rings. The Morgan fingerprint density at radius 1 is 1.16 bits per heavy atom. The SMILES string of the molecule is O=[N+]([O-])c1cc(S(=O)(=O)N2CCOCC2)ccc1NN=Cc1cccc(C(F)(F)F)c1. The number of nitro groups is 1. The van der Waals surface area contributed by atoms with E-state index in [2.05, 4.69) is 10.5 Å². The highest BCUT2D eigenvalue weighted by Crippen LogP contribution is 2.30. The number of rotatable bonds is 6. The first-order chi connectivity index (χ1) is 14.6. The Morgan fingerprint density at radius 2 is 1.87 bits per heavy atom. The molecule has 1 saturated heterocycles. The summed E-state index contributed by atoms with van der Waals surface area (Å²) in [5, 5.41) is 15.2. The highest BCUT2D eigenvalue weighted by atomic mass is 32.2. The molecule has 0 radical (unpaired) electrons.